The molecule has 1 atom stereocenters. The Bertz CT molecular complexity index is 786. The SMILES string of the molecule is O=C(O)[C@@H](Nc1ccc(Oc2ccccc2)cc1)c1ccccc1. The van der Waals surface area contributed by atoms with Gasteiger partial charge in [-0.1, -0.05) is 48.5 Å². The fourth-order valence-corrected chi connectivity index (χ4v) is 2.34. The van der Waals surface area contributed by atoms with Gasteiger partial charge in [-0.05, 0) is 42.0 Å². The minimum Gasteiger partial charge on any atom is -0.479 e. The Hall–Kier alpha value is -3.27. The van der Waals surface area contributed by atoms with Gasteiger partial charge in [-0.25, -0.2) is 4.79 Å². The maximum Gasteiger partial charge on any atom is 0.330 e. The van der Waals surface area contributed by atoms with Gasteiger partial charge in [0.2, 0.25) is 0 Å². The van der Waals surface area contributed by atoms with E-state index in [0.29, 0.717) is 17.0 Å². The molecule has 4 nitrogen and oxygen atoms in total. The van der Waals surface area contributed by atoms with Crippen LogP contribution in [0.1, 0.15) is 11.6 Å². The second-order valence-electron chi connectivity index (χ2n) is 5.27. The van der Waals surface area contributed by atoms with Crippen molar-refractivity contribution >= 4 is 11.7 Å². The Labute approximate surface area is 140 Å². The zero-order valence-corrected chi connectivity index (χ0v) is 12.9. The number of carbonyl (C=O) groups is 1. The highest BCUT2D eigenvalue weighted by atomic mass is 16.5. The topological polar surface area (TPSA) is 58.6 Å². The van der Waals surface area contributed by atoms with Crippen LogP contribution in [-0.4, -0.2) is 11.1 Å². The van der Waals surface area contributed by atoms with Gasteiger partial charge >= 0.3 is 5.97 Å². The molecule has 3 rings (SSSR count). The summed E-state index contributed by atoms with van der Waals surface area (Å²) in [6.07, 6.45) is 0. The lowest BCUT2D eigenvalue weighted by atomic mass is 10.1. The molecule has 0 unspecified atom stereocenters. The van der Waals surface area contributed by atoms with Crippen LogP contribution in [0.15, 0.2) is 84.9 Å². The van der Waals surface area contributed by atoms with Crippen LogP contribution < -0.4 is 10.1 Å². The molecule has 0 aliphatic rings. The molecule has 0 aliphatic carbocycles. The van der Waals surface area contributed by atoms with E-state index < -0.39 is 12.0 Å². The molecular formula is C20H17NO3. The fourth-order valence-electron chi connectivity index (χ4n) is 2.34. The summed E-state index contributed by atoms with van der Waals surface area (Å²) in [6, 6.07) is 25.0. The molecule has 0 spiro atoms. The van der Waals surface area contributed by atoms with E-state index in [2.05, 4.69) is 5.32 Å². The van der Waals surface area contributed by atoms with E-state index >= 15 is 0 Å². The van der Waals surface area contributed by atoms with E-state index in [-0.39, 0.29) is 0 Å². The summed E-state index contributed by atoms with van der Waals surface area (Å²) in [6.45, 7) is 0. The first kappa shape index (κ1) is 15.6. The van der Waals surface area contributed by atoms with E-state index in [9.17, 15) is 9.90 Å². The van der Waals surface area contributed by atoms with Crippen LogP contribution >= 0.6 is 0 Å². The lowest BCUT2D eigenvalue weighted by molar-refractivity contribution is -0.138. The smallest absolute Gasteiger partial charge is 0.330 e. The molecule has 0 saturated heterocycles. The van der Waals surface area contributed by atoms with Gasteiger partial charge in [0.05, 0.1) is 0 Å². The molecule has 0 radical (unpaired) electrons. The highest BCUT2D eigenvalue weighted by Gasteiger charge is 2.19. The molecule has 0 amide bonds. The second kappa shape index (κ2) is 7.33. The van der Waals surface area contributed by atoms with E-state index in [4.69, 9.17) is 4.74 Å². The van der Waals surface area contributed by atoms with Crippen molar-refractivity contribution in [1.29, 1.82) is 0 Å². The number of carboxylic acid groups (broad SMARTS) is 1. The van der Waals surface area contributed by atoms with Gasteiger partial charge in [-0.3, -0.25) is 0 Å². The summed E-state index contributed by atoms with van der Waals surface area (Å²) in [7, 11) is 0. The van der Waals surface area contributed by atoms with Crippen LogP contribution in [0.25, 0.3) is 0 Å². The Kier molecular flexibility index (Phi) is 4.77. The molecule has 0 fully saturated rings. The standard InChI is InChI=1S/C20H17NO3/c22-20(23)19(15-7-3-1-4-8-15)21-16-11-13-18(14-12-16)24-17-9-5-2-6-10-17/h1-14,19,21H,(H,22,23)/t19-/m0/s1. The minimum absolute atomic E-state index is 0.693. The van der Waals surface area contributed by atoms with E-state index in [1.54, 1.807) is 36.4 Å². The van der Waals surface area contributed by atoms with Gasteiger partial charge in [0, 0.05) is 5.69 Å². The summed E-state index contributed by atoms with van der Waals surface area (Å²) < 4.78 is 5.73. The first-order valence-electron chi connectivity index (χ1n) is 7.59. The summed E-state index contributed by atoms with van der Waals surface area (Å²) in [4.78, 5) is 11.5. The Morgan fingerprint density at radius 3 is 1.92 bits per heavy atom. The number of aliphatic carboxylic acids is 1. The van der Waals surface area contributed by atoms with Crippen molar-refractivity contribution in [3.63, 3.8) is 0 Å². The predicted octanol–water partition coefficient (Wildman–Crippen LogP) is 4.72. The van der Waals surface area contributed by atoms with Gasteiger partial charge < -0.3 is 15.2 Å². The first-order valence-corrected chi connectivity index (χ1v) is 7.59. The number of anilines is 1. The summed E-state index contributed by atoms with van der Waals surface area (Å²) in [5.74, 6) is 0.523. The number of hydrogen-bond donors (Lipinski definition) is 2. The maximum atomic E-state index is 11.5. The molecule has 0 aliphatic heterocycles. The molecule has 2 N–H and O–H groups in total. The number of benzene rings is 3. The van der Waals surface area contributed by atoms with Crippen LogP contribution in [0, 0.1) is 0 Å². The van der Waals surface area contributed by atoms with Crippen molar-refractivity contribution in [3.05, 3.63) is 90.5 Å². The highest BCUT2D eigenvalue weighted by Crippen LogP contribution is 2.25. The van der Waals surface area contributed by atoms with Gasteiger partial charge in [-0.2, -0.15) is 0 Å². The summed E-state index contributed by atoms with van der Waals surface area (Å²) in [5.41, 5.74) is 1.42. The van der Waals surface area contributed by atoms with Crippen LogP contribution in [0.5, 0.6) is 11.5 Å². The monoisotopic (exact) mass is 319 g/mol. The number of rotatable bonds is 6. The Balaban J connectivity index is 1.72. The molecule has 0 saturated carbocycles. The van der Waals surface area contributed by atoms with Crippen molar-refractivity contribution in [1.82, 2.24) is 0 Å². The van der Waals surface area contributed by atoms with Crippen LogP contribution in [0.4, 0.5) is 5.69 Å². The zero-order valence-electron chi connectivity index (χ0n) is 12.9. The lowest BCUT2D eigenvalue weighted by Crippen LogP contribution is -2.20. The van der Waals surface area contributed by atoms with Crippen LogP contribution in [-0.2, 0) is 4.79 Å². The van der Waals surface area contributed by atoms with Gasteiger partial charge in [0.25, 0.3) is 0 Å². The van der Waals surface area contributed by atoms with Crippen LogP contribution in [0.3, 0.4) is 0 Å². The molecule has 0 aromatic heterocycles. The van der Waals surface area contributed by atoms with Gasteiger partial charge in [0.15, 0.2) is 6.04 Å². The minimum atomic E-state index is -0.925. The third kappa shape index (κ3) is 3.93. The molecule has 3 aromatic carbocycles. The quantitative estimate of drug-likeness (QED) is 0.690. The molecule has 120 valence electrons. The van der Waals surface area contributed by atoms with Crippen molar-refractivity contribution in [2.24, 2.45) is 0 Å². The molecule has 3 aromatic rings. The predicted molar refractivity (Wildman–Crippen MR) is 93.4 cm³/mol. The maximum absolute atomic E-state index is 11.5. The van der Waals surface area contributed by atoms with Crippen molar-refractivity contribution in [2.45, 2.75) is 6.04 Å². The zero-order chi connectivity index (χ0) is 16.8. The summed E-state index contributed by atoms with van der Waals surface area (Å²) >= 11 is 0. The number of nitrogens with one attached hydrogen (secondary N) is 1. The second-order valence-corrected chi connectivity index (χ2v) is 5.27. The Morgan fingerprint density at radius 1 is 0.792 bits per heavy atom. The number of carboxylic acids is 1. The molecule has 0 heterocycles. The van der Waals surface area contributed by atoms with E-state index in [1.165, 1.54) is 0 Å². The lowest BCUT2D eigenvalue weighted by Gasteiger charge is -2.16. The molecule has 4 heteroatoms. The van der Waals surface area contributed by atoms with Gasteiger partial charge in [-0.15, -0.1) is 0 Å². The van der Waals surface area contributed by atoms with E-state index in [1.807, 2.05) is 48.5 Å². The molecule has 0 bridgehead atoms. The molecule has 24 heavy (non-hydrogen) atoms. The normalized spacial score (nSPS) is 11.5. The number of ether oxygens (including phenoxy) is 1. The molecular weight excluding hydrogens is 302 g/mol. The average Bonchev–Trinajstić information content (AvgIpc) is 2.62. The van der Waals surface area contributed by atoms with Gasteiger partial charge in [0.1, 0.15) is 11.5 Å². The first-order chi connectivity index (χ1) is 11.7. The van der Waals surface area contributed by atoms with Crippen molar-refractivity contribution < 1.29 is 14.6 Å². The van der Waals surface area contributed by atoms with E-state index in [0.717, 1.165) is 5.75 Å². The third-order valence-electron chi connectivity index (χ3n) is 3.52. The average molecular weight is 319 g/mol. The van der Waals surface area contributed by atoms with Crippen LogP contribution in [0.2, 0.25) is 0 Å². The summed E-state index contributed by atoms with van der Waals surface area (Å²) in [5, 5.41) is 12.5. The highest BCUT2D eigenvalue weighted by molar-refractivity contribution is 5.79. The number of para-hydroxylation sites is 1. The van der Waals surface area contributed by atoms with Crippen molar-refractivity contribution in [2.75, 3.05) is 5.32 Å². The largest absolute Gasteiger partial charge is 0.479 e. The Morgan fingerprint density at radius 2 is 1.33 bits per heavy atom. The van der Waals surface area contributed by atoms with Crippen molar-refractivity contribution in [3.8, 4) is 11.5 Å². The number of hydrogen-bond acceptors (Lipinski definition) is 3. The fraction of sp³-hybridized carbons (Fsp3) is 0.0500. The third-order valence-corrected chi connectivity index (χ3v) is 3.52.